The van der Waals surface area contributed by atoms with Crippen molar-refractivity contribution < 1.29 is 15.0 Å². The molecule has 0 spiro atoms. The molecule has 4 rings (SSSR count). The SMILES string of the molecule is C[C@]12CC[C@@H](O)C[C@H]1CC[C@H]1[C@@H]3CC[C@H](CCCC(=O)O)C3CC[C@@H]12. The lowest BCUT2D eigenvalue weighted by Gasteiger charge is -2.59. The van der Waals surface area contributed by atoms with Gasteiger partial charge in [-0.15, -0.1) is 0 Å². The quantitative estimate of drug-likeness (QED) is 0.762. The average molecular weight is 349 g/mol. The molecule has 0 aromatic carbocycles. The highest BCUT2D eigenvalue weighted by atomic mass is 16.4. The summed E-state index contributed by atoms with van der Waals surface area (Å²) in [5, 5.41) is 19.0. The number of hydrogen-bond acceptors (Lipinski definition) is 2. The molecule has 142 valence electrons. The van der Waals surface area contributed by atoms with E-state index in [1.54, 1.807) is 0 Å². The predicted molar refractivity (Wildman–Crippen MR) is 98.1 cm³/mol. The number of hydrogen-bond donors (Lipinski definition) is 2. The lowest BCUT2D eigenvalue weighted by atomic mass is 9.47. The minimum Gasteiger partial charge on any atom is -0.481 e. The Kier molecular flexibility index (Phi) is 4.90. The van der Waals surface area contributed by atoms with E-state index in [-0.39, 0.29) is 6.10 Å². The van der Waals surface area contributed by atoms with E-state index in [9.17, 15) is 9.90 Å². The van der Waals surface area contributed by atoms with Gasteiger partial charge in [-0.3, -0.25) is 4.79 Å². The second-order valence-corrected chi connectivity index (χ2v) is 10.0. The second-order valence-electron chi connectivity index (χ2n) is 10.0. The molecule has 2 N–H and O–H groups in total. The number of aliphatic hydroxyl groups is 1. The van der Waals surface area contributed by atoms with Gasteiger partial charge in [0.1, 0.15) is 0 Å². The highest BCUT2D eigenvalue weighted by Gasteiger charge is 2.56. The Balaban J connectivity index is 1.43. The van der Waals surface area contributed by atoms with Crippen LogP contribution in [-0.2, 0) is 4.79 Å². The molecular weight excluding hydrogens is 312 g/mol. The standard InChI is InChI=1S/C22H36O3/c1-22-12-11-16(23)13-15(22)6-8-19-18-7-5-14(3-2-4-21(24)25)17(18)9-10-20(19)22/h14-20,23H,2-13H2,1H3,(H,24,25)/t14-,15+,16+,17?,18+,19-,20-,22-/m0/s1. The van der Waals surface area contributed by atoms with Crippen molar-refractivity contribution in [3.63, 3.8) is 0 Å². The Morgan fingerprint density at radius 3 is 2.56 bits per heavy atom. The highest BCUT2D eigenvalue weighted by Crippen LogP contribution is 2.64. The molecule has 0 aromatic rings. The van der Waals surface area contributed by atoms with Gasteiger partial charge in [0.15, 0.2) is 0 Å². The summed E-state index contributed by atoms with van der Waals surface area (Å²) in [6.07, 6.45) is 13.8. The molecule has 4 fully saturated rings. The van der Waals surface area contributed by atoms with Crippen LogP contribution in [0.3, 0.4) is 0 Å². The van der Waals surface area contributed by atoms with Crippen LogP contribution in [0.4, 0.5) is 0 Å². The first-order chi connectivity index (χ1) is 12.0. The van der Waals surface area contributed by atoms with Crippen LogP contribution >= 0.6 is 0 Å². The van der Waals surface area contributed by atoms with Crippen LogP contribution in [0, 0.1) is 40.9 Å². The third-order valence-corrected chi connectivity index (χ3v) is 9.07. The Labute approximate surface area is 152 Å². The molecule has 3 nitrogen and oxygen atoms in total. The molecule has 0 saturated heterocycles. The van der Waals surface area contributed by atoms with Gasteiger partial charge >= 0.3 is 5.97 Å². The van der Waals surface area contributed by atoms with E-state index in [0.717, 1.165) is 61.2 Å². The van der Waals surface area contributed by atoms with Crippen molar-refractivity contribution in [3.8, 4) is 0 Å². The normalized spacial score (nSPS) is 49.1. The molecule has 4 saturated carbocycles. The van der Waals surface area contributed by atoms with Crippen LogP contribution in [0.1, 0.15) is 84.0 Å². The van der Waals surface area contributed by atoms with Gasteiger partial charge in [-0.2, -0.15) is 0 Å². The number of aliphatic carboxylic acids is 1. The molecule has 4 aliphatic carbocycles. The monoisotopic (exact) mass is 348 g/mol. The van der Waals surface area contributed by atoms with Gasteiger partial charge in [-0.05, 0) is 112 Å². The topological polar surface area (TPSA) is 57.5 Å². The van der Waals surface area contributed by atoms with E-state index in [4.69, 9.17) is 5.11 Å². The third kappa shape index (κ3) is 3.15. The van der Waals surface area contributed by atoms with Crippen LogP contribution in [0.5, 0.6) is 0 Å². The number of aliphatic hydroxyl groups excluding tert-OH is 1. The zero-order chi connectivity index (χ0) is 17.6. The molecule has 0 heterocycles. The van der Waals surface area contributed by atoms with Gasteiger partial charge in [-0.25, -0.2) is 0 Å². The van der Waals surface area contributed by atoms with Crippen molar-refractivity contribution in [2.75, 3.05) is 0 Å². The van der Waals surface area contributed by atoms with E-state index < -0.39 is 5.97 Å². The first kappa shape index (κ1) is 17.8. The number of carbonyl (C=O) groups is 1. The van der Waals surface area contributed by atoms with Gasteiger partial charge in [-0.1, -0.05) is 6.92 Å². The molecule has 0 amide bonds. The molecule has 3 heteroatoms. The molecule has 1 unspecified atom stereocenters. The summed E-state index contributed by atoms with van der Waals surface area (Å²) in [4.78, 5) is 10.8. The lowest BCUT2D eigenvalue weighted by molar-refractivity contribution is -0.137. The molecule has 0 aliphatic heterocycles. The summed E-state index contributed by atoms with van der Waals surface area (Å²) in [6.45, 7) is 2.56. The number of rotatable bonds is 4. The summed E-state index contributed by atoms with van der Waals surface area (Å²) in [6, 6.07) is 0. The Morgan fingerprint density at radius 2 is 1.76 bits per heavy atom. The summed E-state index contributed by atoms with van der Waals surface area (Å²) >= 11 is 0. The average Bonchev–Trinajstić information content (AvgIpc) is 2.99. The summed E-state index contributed by atoms with van der Waals surface area (Å²) < 4.78 is 0. The van der Waals surface area contributed by atoms with Crippen LogP contribution in [0.2, 0.25) is 0 Å². The molecule has 8 atom stereocenters. The molecule has 25 heavy (non-hydrogen) atoms. The minimum absolute atomic E-state index is 0.0453. The maximum atomic E-state index is 10.8. The van der Waals surface area contributed by atoms with Crippen LogP contribution < -0.4 is 0 Å². The van der Waals surface area contributed by atoms with Crippen LogP contribution in [-0.4, -0.2) is 22.3 Å². The summed E-state index contributed by atoms with van der Waals surface area (Å²) in [7, 11) is 0. The van der Waals surface area contributed by atoms with E-state index in [1.165, 1.54) is 44.9 Å². The van der Waals surface area contributed by atoms with Crippen molar-refractivity contribution in [1.82, 2.24) is 0 Å². The van der Waals surface area contributed by atoms with E-state index >= 15 is 0 Å². The maximum absolute atomic E-state index is 10.8. The van der Waals surface area contributed by atoms with E-state index in [1.807, 2.05) is 0 Å². The molecule has 0 radical (unpaired) electrons. The largest absolute Gasteiger partial charge is 0.481 e. The fourth-order valence-electron chi connectivity index (χ4n) is 7.88. The number of carboxylic acid groups (broad SMARTS) is 1. The van der Waals surface area contributed by atoms with Gasteiger partial charge in [0.05, 0.1) is 6.10 Å². The maximum Gasteiger partial charge on any atom is 0.303 e. The van der Waals surface area contributed by atoms with Gasteiger partial charge in [0.25, 0.3) is 0 Å². The third-order valence-electron chi connectivity index (χ3n) is 9.07. The second kappa shape index (κ2) is 6.87. The van der Waals surface area contributed by atoms with E-state index in [0.29, 0.717) is 11.8 Å². The molecule has 0 aromatic heterocycles. The Morgan fingerprint density at radius 1 is 1.00 bits per heavy atom. The number of fused-ring (bicyclic) bond motifs is 5. The fraction of sp³-hybridized carbons (Fsp3) is 0.955. The zero-order valence-corrected chi connectivity index (χ0v) is 15.8. The molecular formula is C22H36O3. The van der Waals surface area contributed by atoms with Crippen molar-refractivity contribution in [2.24, 2.45) is 40.9 Å². The highest BCUT2D eigenvalue weighted by molar-refractivity contribution is 5.66. The smallest absolute Gasteiger partial charge is 0.303 e. The van der Waals surface area contributed by atoms with Gasteiger partial charge in [0.2, 0.25) is 0 Å². The Hall–Kier alpha value is -0.570. The van der Waals surface area contributed by atoms with Crippen molar-refractivity contribution in [2.45, 2.75) is 90.1 Å². The first-order valence-electron chi connectivity index (χ1n) is 10.9. The zero-order valence-electron chi connectivity index (χ0n) is 15.8. The van der Waals surface area contributed by atoms with Gasteiger partial charge in [0, 0.05) is 6.42 Å². The van der Waals surface area contributed by atoms with Crippen LogP contribution in [0.25, 0.3) is 0 Å². The van der Waals surface area contributed by atoms with Crippen LogP contribution in [0.15, 0.2) is 0 Å². The fourth-order valence-corrected chi connectivity index (χ4v) is 7.88. The van der Waals surface area contributed by atoms with Gasteiger partial charge < -0.3 is 10.2 Å². The minimum atomic E-state index is -0.635. The molecule has 0 bridgehead atoms. The van der Waals surface area contributed by atoms with Crippen molar-refractivity contribution in [3.05, 3.63) is 0 Å². The van der Waals surface area contributed by atoms with E-state index in [2.05, 4.69) is 6.92 Å². The summed E-state index contributed by atoms with van der Waals surface area (Å²) in [5.74, 6) is 4.51. The first-order valence-corrected chi connectivity index (χ1v) is 10.9. The van der Waals surface area contributed by atoms with Crippen molar-refractivity contribution >= 4 is 5.97 Å². The Bertz CT molecular complexity index is 504. The number of carboxylic acids is 1. The lowest BCUT2D eigenvalue weighted by Crippen LogP contribution is -2.51. The molecule has 4 aliphatic rings. The summed E-state index contributed by atoms with van der Waals surface area (Å²) in [5.41, 5.74) is 0.481. The predicted octanol–water partition coefficient (Wildman–Crippen LogP) is 4.87. The van der Waals surface area contributed by atoms with Crippen molar-refractivity contribution in [1.29, 1.82) is 0 Å².